The number of carbonyl (C=O) groups excluding carboxylic acids is 1. The van der Waals surface area contributed by atoms with Crippen LogP contribution in [0.2, 0.25) is 0 Å². The van der Waals surface area contributed by atoms with E-state index in [1.807, 2.05) is 61.7 Å². The van der Waals surface area contributed by atoms with Crippen LogP contribution in [0.15, 0.2) is 53.4 Å². The second kappa shape index (κ2) is 7.70. The van der Waals surface area contributed by atoms with Crippen LogP contribution in [0.25, 0.3) is 0 Å². The molecule has 110 valence electrons. The van der Waals surface area contributed by atoms with Crippen LogP contribution in [0, 0.1) is 3.57 Å². The summed E-state index contributed by atoms with van der Waals surface area (Å²) in [4.78, 5) is 13.3. The molecule has 0 aliphatic carbocycles. The molecular weight excluding hydrogens is 395 g/mol. The topological polar surface area (TPSA) is 41.1 Å². The van der Waals surface area contributed by atoms with Gasteiger partial charge in [-0.25, -0.2) is 0 Å². The summed E-state index contributed by atoms with van der Waals surface area (Å²) in [6.07, 6.45) is 2.00. The lowest BCUT2D eigenvalue weighted by Crippen LogP contribution is -2.32. The Labute approximate surface area is 143 Å². The van der Waals surface area contributed by atoms with Crippen LogP contribution in [0.5, 0.6) is 0 Å². The Hall–Kier alpha value is -1.21. The van der Waals surface area contributed by atoms with Crippen LogP contribution in [0.4, 0.5) is 11.4 Å². The molecule has 0 spiro atoms. The van der Waals surface area contributed by atoms with Gasteiger partial charge >= 0.3 is 0 Å². The highest BCUT2D eigenvalue weighted by molar-refractivity contribution is 14.1. The highest BCUT2D eigenvalue weighted by atomic mass is 127. The molecule has 2 aromatic rings. The zero-order chi connectivity index (χ0) is 15.2. The van der Waals surface area contributed by atoms with E-state index in [9.17, 15) is 4.79 Å². The molecule has 21 heavy (non-hydrogen) atoms. The summed E-state index contributed by atoms with van der Waals surface area (Å²) >= 11 is 3.87. The number of halogens is 1. The number of hydrogen-bond acceptors (Lipinski definition) is 3. The number of amides is 1. The summed E-state index contributed by atoms with van der Waals surface area (Å²) in [6.45, 7) is 1.86. The predicted molar refractivity (Wildman–Crippen MR) is 99.1 cm³/mol. The van der Waals surface area contributed by atoms with E-state index in [4.69, 9.17) is 0 Å². The molecule has 0 saturated heterocycles. The summed E-state index contributed by atoms with van der Waals surface area (Å²) in [7, 11) is 0. The van der Waals surface area contributed by atoms with E-state index in [1.165, 1.54) is 0 Å². The van der Waals surface area contributed by atoms with Gasteiger partial charge in [0.05, 0.1) is 5.69 Å². The molecule has 0 aliphatic heterocycles. The van der Waals surface area contributed by atoms with Crippen molar-refractivity contribution >= 4 is 51.6 Å². The van der Waals surface area contributed by atoms with Crippen molar-refractivity contribution < 1.29 is 4.79 Å². The molecule has 0 aromatic heterocycles. The fraction of sp³-hybridized carbons (Fsp3) is 0.188. The first-order valence-corrected chi connectivity index (χ1v) is 8.86. The maximum atomic E-state index is 12.3. The monoisotopic (exact) mass is 412 g/mol. The second-order valence-corrected chi connectivity index (χ2v) is 6.66. The van der Waals surface area contributed by atoms with E-state index in [2.05, 4.69) is 33.2 Å². The molecule has 2 aromatic carbocycles. The van der Waals surface area contributed by atoms with Gasteiger partial charge in [0.25, 0.3) is 0 Å². The Balaban J connectivity index is 2.02. The molecule has 2 N–H and O–H groups in total. The summed E-state index contributed by atoms with van der Waals surface area (Å²) in [6, 6.07) is 15.5. The van der Waals surface area contributed by atoms with E-state index < -0.39 is 0 Å². The zero-order valence-electron chi connectivity index (χ0n) is 11.9. The number of benzene rings is 2. The van der Waals surface area contributed by atoms with Crippen molar-refractivity contribution in [2.24, 2.45) is 0 Å². The lowest BCUT2D eigenvalue weighted by Gasteiger charge is -2.16. The summed E-state index contributed by atoms with van der Waals surface area (Å²) in [5.74, 6) is -0.0460. The zero-order valence-corrected chi connectivity index (χ0v) is 14.9. The lowest BCUT2D eigenvalue weighted by atomic mass is 10.2. The normalized spacial score (nSPS) is 11.8. The first kappa shape index (κ1) is 16.2. The van der Waals surface area contributed by atoms with Crippen molar-refractivity contribution in [1.82, 2.24) is 0 Å². The van der Waals surface area contributed by atoms with Crippen LogP contribution >= 0.6 is 34.4 Å². The minimum absolute atomic E-state index is 0.0460. The molecule has 1 amide bonds. The van der Waals surface area contributed by atoms with E-state index in [-0.39, 0.29) is 11.9 Å². The molecule has 0 saturated carbocycles. The minimum atomic E-state index is -0.307. The van der Waals surface area contributed by atoms with Crippen LogP contribution in [-0.4, -0.2) is 18.2 Å². The molecular formula is C16H17IN2OS. The van der Waals surface area contributed by atoms with Gasteiger partial charge in [0.15, 0.2) is 0 Å². The SMILES string of the molecule is CSc1ccccc1NC(=O)[C@@H](C)Nc1cccc(I)c1. The quantitative estimate of drug-likeness (QED) is 0.563. The number of thioether (sulfide) groups is 1. The van der Waals surface area contributed by atoms with Gasteiger partial charge in [-0.1, -0.05) is 18.2 Å². The molecule has 0 bridgehead atoms. The van der Waals surface area contributed by atoms with Crippen LogP contribution in [-0.2, 0) is 4.79 Å². The van der Waals surface area contributed by atoms with Gasteiger partial charge in [0, 0.05) is 14.2 Å². The van der Waals surface area contributed by atoms with Crippen molar-refractivity contribution in [2.75, 3.05) is 16.9 Å². The average Bonchev–Trinajstić information content (AvgIpc) is 2.47. The van der Waals surface area contributed by atoms with Crippen molar-refractivity contribution in [3.8, 4) is 0 Å². The van der Waals surface area contributed by atoms with E-state index in [0.717, 1.165) is 19.8 Å². The van der Waals surface area contributed by atoms with E-state index in [1.54, 1.807) is 11.8 Å². The van der Waals surface area contributed by atoms with Gasteiger partial charge in [-0.2, -0.15) is 0 Å². The van der Waals surface area contributed by atoms with Gasteiger partial charge in [0.2, 0.25) is 5.91 Å². The molecule has 3 nitrogen and oxygen atoms in total. The standard InChI is InChI=1S/C16H17IN2OS/c1-11(18-13-7-5-6-12(17)10-13)16(20)19-14-8-3-4-9-15(14)21-2/h3-11,18H,1-2H3,(H,19,20)/t11-/m1/s1. The van der Waals surface area contributed by atoms with E-state index >= 15 is 0 Å². The molecule has 0 aliphatic rings. The van der Waals surface area contributed by atoms with Gasteiger partial charge in [-0.15, -0.1) is 11.8 Å². The molecule has 1 atom stereocenters. The smallest absolute Gasteiger partial charge is 0.246 e. The maximum Gasteiger partial charge on any atom is 0.246 e. The van der Waals surface area contributed by atoms with Gasteiger partial charge < -0.3 is 10.6 Å². The molecule has 0 radical (unpaired) electrons. The number of nitrogens with one attached hydrogen (secondary N) is 2. The minimum Gasteiger partial charge on any atom is -0.374 e. The summed E-state index contributed by atoms with van der Waals surface area (Å²) in [5, 5.41) is 6.19. The Morgan fingerprint density at radius 2 is 1.95 bits per heavy atom. The molecule has 0 unspecified atom stereocenters. The molecule has 0 fully saturated rings. The second-order valence-electron chi connectivity index (χ2n) is 4.57. The Kier molecular flexibility index (Phi) is 5.93. The Morgan fingerprint density at radius 1 is 1.19 bits per heavy atom. The maximum absolute atomic E-state index is 12.3. The number of hydrogen-bond donors (Lipinski definition) is 2. The number of carbonyl (C=O) groups is 1. The molecule has 5 heteroatoms. The Bertz CT molecular complexity index is 633. The first-order valence-electron chi connectivity index (χ1n) is 6.56. The highest BCUT2D eigenvalue weighted by Crippen LogP contribution is 2.24. The Morgan fingerprint density at radius 3 is 2.67 bits per heavy atom. The van der Waals surface area contributed by atoms with Crippen LogP contribution in [0.3, 0.4) is 0 Å². The summed E-state index contributed by atoms with van der Waals surface area (Å²) < 4.78 is 1.14. The van der Waals surface area contributed by atoms with Crippen molar-refractivity contribution in [3.05, 3.63) is 52.1 Å². The van der Waals surface area contributed by atoms with Crippen molar-refractivity contribution in [1.29, 1.82) is 0 Å². The van der Waals surface area contributed by atoms with Crippen molar-refractivity contribution in [2.45, 2.75) is 17.9 Å². The third kappa shape index (κ3) is 4.64. The largest absolute Gasteiger partial charge is 0.374 e. The summed E-state index contributed by atoms with van der Waals surface area (Å²) in [5.41, 5.74) is 1.80. The number of rotatable bonds is 5. The number of para-hydroxylation sites is 1. The van der Waals surface area contributed by atoms with E-state index in [0.29, 0.717) is 0 Å². The van der Waals surface area contributed by atoms with Gasteiger partial charge in [0.1, 0.15) is 6.04 Å². The van der Waals surface area contributed by atoms with Crippen LogP contribution in [0.1, 0.15) is 6.92 Å². The third-order valence-electron chi connectivity index (χ3n) is 2.97. The fourth-order valence-corrected chi connectivity index (χ4v) is 2.98. The average molecular weight is 412 g/mol. The number of anilines is 2. The van der Waals surface area contributed by atoms with Gasteiger partial charge in [-0.05, 0) is 66.1 Å². The molecule has 2 rings (SSSR count). The first-order chi connectivity index (χ1) is 10.1. The highest BCUT2D eigenvalue weighted by Gasteiger charge is 2.14. The molecule has 0 heterocycles. The van der Waals surface area contributed by atoms with Crippen LogP contribution < -0.4 is 10.6 Å². The lowest BCUT2D eigenvalue weighted by molar-refractivity contribution is -0.116. The third-order valence-corrected chi connectivity index (χ3v) is 4.43. The van der Waals surface area contributed by atoms with Crippen molar-refractivity contribution in [3.63, 3.8) is 0 Å². The predicted octanol–water partition coefficient (Wildman–Crippen LogP) is 4.45. The fourth-order valence-electron chi connectivity index (χ4n) is 1.88. The van der Waals surface area contributed by atoms with Gasteiger partial charge in [-0.3, -0.25) is 4.79 Å².